The van der Waals surface area contributed by atoms with E-state index in [1.54, 1.807) is 0 Å². The van der Waals surface area contributed by atoms with Crippen LogP contribution in [0, 0.1) is 11.8 Å². The van der Waals surface area contributed by atoms with Gasteiger partial charge < -0.3 is 14.3 Å². The van der Waals surface area contributed by atoms with Crippen molar-refractivity contribution in [3.05, 3.63) is 11.7 Å². The fraction of sp³-hybridized carbons (Fsp3) is 0.857. The van der Waals surface area contributed by atoms with Gasteiger partial charge in [0.25, 0.3) is 0 Å². The van der Waals surface area contributed by atoms with E-state index in [-0.39, 0.29) is 5.92 Å². The van der Waals surface area contributed by atoms with Crippen molar-refractivity contribution in [2.45, 2.75) is 70.1 Å². The van der Waals surface area contributed by atoms with Crippen molar-refractivity contribution in [2.75, 3.05) is 33.2 Å². The highest BCUT2D eigenvalue weighted by Crippen LogP contribution is 2.30. The molecule has 0 spiro atoms. The third-order valence-corrected chi connectivity index (χ3v) is 6.85. The first-order valence-electron chi connectivity index (χ1n) is 11.0. The van der Waals surface area contributed by atoms with Crippen LogP contribution in [-0.2, 0) is 11.2 Å². The van der Waals surface area contributed by atoms with Crippen LogP contribution in [0.15, 0.2) is 4.52 Å². The zero-order valence-electron chi connectivity index (χ0n) is 16.7. The number of piperidine rings is 2. The van der Waals surface area contributed by atoms with Gasteiger partial charge in [0.05, 0.1) is 5.92 Å². The molecular weight excluding hydrogens is 340 g/mol. The summed E-state index contributed by atoms with van der Waals surface area (Å²) in [5, 5.41) is 4.26. The summed E-state index contributed by atoms with van der Waals surface area (Å²) in [4.78, 5) is 21.6. The molecule has 1 aliphatic carbocycles. The van der Waals surface area contributed by atoms with Crippen molar-refractivity contribution in [3.8, 4) is 0 Å². The minimum atomic E-state index is 0.213. The number of hydrogen-bond donors (Lipinski definition) is 0. The lowest BCUT2D eigenvalue weighted by Gasteiger charge is -2.34. The number of hydrogen-bond acceptors (Lipinski definition) is 5. The van der Waals surface area contributed by atoms with E-state index in [1.165, 1.54) is 44.9 Å². The Morgan fingerprint density at radius 2 is 1.81 bits per heavy atom. The van der Waals surface area contributed by atoms with Crippen LogP contribution >= 0.6 is 0 Å². The van der Waals surface area contributed by atoms with E-state index in [4.69, 9.17) is 9.51 Å². The van der Waals surface area contributed by atoms with E-state index < -0.39 is 0 Å². The van der Waals surface area contributed by atoms with Gasteiger partial charge >= 0.3 is 0 Å². The Bertz CT molecular complexity index is 617. The third kappa shape index (κ3) is 4.89. The van der Waals surface area contributed by atoms with E-state index in [9.17, 15) is 4.79 Å². The van der Waals surface area contributed by atoms with E-state index in [2.05, 4.69) is 22.0 Å². The first-order valence-corrected chi connectivity index (χ1v) is 11.0. The first-order chi connectivity index (χ1) is 13.2. The van der Waals surface area contributed by atoms with Crippen molar-refractivity contribution in [2.24, 2.45) is 11.8 Å². The average Bonchev–Trinajstić information content (AvgIpc) is 3.15. The van der Waals surface area contributed by atoms with Gasteiger partial charge in [0.2, 0.25) is 11.8 Å². The molecule has 1 amide bonds. The Hall–Kier alpha value is -1.43. The summed E-state index contributed by atoms with van der Waals surface area (Å²) in [5.74, 6) is 3.48. The minimum Gasteiger partial charge on any atom is -0.342 e. The second-order valence-corrected chi connectivity index (χ2v) is 9.04. The van der Waals surface area contributed by atoms with Crippen LogP contribution in [0.2, 0.25) is 0 Å². The standard InChI is InChI=1S/C21H34N4O2/c1-24-11-9-16(10-12-24)13-19-22-21(27-23-19)18-7-8-20(26)25(15-18)14-17-5-3-2-4-6-17/h16-18H,2-15H2,1H3/t18-/m1/s1. The fourth-order valence-corrected chi connectivity index (χ4v) is 5.01. The van der Waals surface area contributed by atoms with Gasteiger partial charge in [-0.15, -0.1) is 0 Å². The van der Waals surface area contributed by atoms with Crippen LogP contribution in [0.3, 0.4) is 0 Å². The number of carbonyl (C=O) groups is 1. The molecule has 1 saturated carbocycles. The number of nitrogens with zero attached hydrogens (tertiary/aromatic N) is 4. The number of likely N-dealkylation sites (tertiary alicyclic amines) is 2. The van der Waals surface area contributed by atoms with E-state index in [0.29, 0.717) is 24.2 Å². The SMILES string of the molecule is CN1CCC(Cc2noc([C@@H]3CCC(=O)N(CC4CCCCC4)C3)n2)CC1. The molecule has 0 bridgehead atoms. The molecule has 2 aliphatic heterocycles. The maximum atomic E-state index is 12.4. The Balaban J connectivity index is 1.32. The second kappa shape index (κ2) is 8.72. The summed E-state index contributed by atoms with van der Waals surface area (Å²) in [5.41, 5.74) is 0. The van der Waals surface area contributed by atoms with E-state index in [1.807, 2.05) is 0 Å². The molecule has 3 heterocycles. The van der Waals surface area contributed by atoms with Crippen LogP contribution in [0.5, 0.6) is 0 Å². The Labute approximate surface area is 162 Å². The number of carbonyl (C=O) groups excluding carboxylic acids is 1. The highest BCUT2D eigenvalue weighted by Gasteiger charge is 2.32. The van der Waals surface area contributed by atoms with Crippen LogP contribution in [-0.4, -0.2) is 59.1 Å². The molecule has 150 valence electrons. The molecule has 27 heavy (non-hydrogen) atoms. The minimum absolute atomic E-state index is 0.213. The predicted molar refractivity (Wildman–Crippen MR) is 103 cm³/mol. The Kier molecular flexibility index (Phi) is 6.11. The second-order valence-electron chi connectivity index (χ2n) is 9.04. The fourth-order valence-electron chi connectivity index (χ4n) is 5.01. The number of amides is 1. The first kappa shape index (κ1) is 18.9. The lowest BCUT2D eigenvalue weighted by Crippen LogP contribution is -2.42. The molecule has 3 aliphatic rings. The van der Waals surface area contributed by atoms with Crippen LogP contribution in [0.1, 0.15) is 75.4 Å². The summed E-state index contributed by atoms with van der Waals surface area (Å²) in [7, 11) is 2.19. The molecule has 6 heteroatoms. The van der Waals surface area contributed by atoms with E-state index >= 15 is 0 Å². The van der Waals surface area contributed by atoms with Gasteiger partial charge in [-0.25, -0.2) is 0 Å². The third-order valence-electron chi connectivity index (χ3n) is 6.85. The van der Waals surface area contributed by atoms with Gasteiger partial charge in [-0.3, -0.25) is 4.79 Å². The molecule has 0 aromatic carbocycles. The summed E-state index contributed by atoms with van der Waals surface area (Å²) >= 11 is 0. The van der Waals surface area contributed by atoms with Gasteiger partial charge in [0.15, 0.2) is 5.82 Å². The Morgan fingerprint density at radius 1 is 1.04 bits per heavy atom. The molecule has 1 aromatic rings. The largest absolute Gasteiger partial charge is 0.342 e. The molecule has 4 rings (SSSR count). The summed E-state index contributed by atoms with van der Waals surface area (Å²) in [6.45, 7) is 4.00. The van der Waals surface area contributed by atoms with Crippen molar-refractivity contribution < 1.29 is 9.32 Å². The normalized spacial score (nSPS) is 26.6. The maximum absolute atomic E-state index is 12.4. The maximum Gasteiger partial charge on any atom is 0.231 e. The topological polar surface area (TPSA) is 62.5 Å². The quantitative estimate of drug-likeness (QED) is 0.792. The Morgan fingerprint density at radius 3 is 2.59 bits per heavy atom. The summed E-state index contributed by atoms with van der Waals surface area (Å²) in [6.07, 6.45) is 11.4. The molecule has 0 unspecified atom stereocenters. The van der Waals surface area contributed by atoms with Gasteiger partial charge in [-0.05, 0) is 64.1 Å². The monoisotopic (exact) mass is 374 g/mol. The molecule has 1 aromatic heterocycles. The molecule has 0 radical (unpaired) electrons. The van der Waals surface area contributed by atoms with Crippen molar-refractivity contribution in [1.82, 2.24) is 19.9 Å². The van der Waals surface area contributed by atoms with Gasteiger partial charge in [0, 0.05) is 25.9 Å². The van der Waals surface area contributed by atoms with Gasteiger partial charge in [0.1, 0.15) is 0 Å². The van der Waals surface area contributed by atoms with Crippen molar-refractivity contribution >= 4 is 5.91 Å². The van der Waals surface area contributed by atoms with Gasteiger partial charge in [-0.2, -0.15) is 4.98 Å². The lowest BCUT2D eigenvalue weighted by atomic mass is 9.87. The predicted octanol–water partition coefficient (Wildman–Crippen LogP) is 3.24. The summed E-state index contributed by atoms with van der Waals surface area (Å²) in [6, 6.07) is 0. The van der Waals surface area contributed by atoms with Crippen molar-refractivity contribution in [1.29, 1.82) is 0 Å². The molecule has 3 fully saturated rings. The number of aromatic nitrogens is 2. The smallest absolute Gasteiger partial charge is 0.231 e. The molecule has 1 atom stereocenters. The molecule has 0 N–H and O–H groups in total. The number of rotatable bonds is 5. The summed E-state index contributed by atoms with van der Waals surface area (Å²) < 4.78 is 5.63. The molecule has 2 saturated heterocycles. The highest BCUT2D eigenvalue weighted by molar-refractivity contribution is 5.77. The van der Waals surface area contributed by atoms with Crippen LogP contribution < -0.4 is 0 Å². The van der Waals surface area contributed by atoms with Crippen LogP contribution in [0.25, 0.3) is 0 Å². The van der Waals surface area contributed by atoms with Crippen molar-refractivity contribution in [3.63, 3.8) is 0 Å². The highest BCUT2D eigenvalue weighted by atomic mass is 16.5. The van der Waals surface area contributed by atoms with E-state index in [0.717, 1.165) is 50.7 Å². The van der Waals surface area contributed by atoms with Gasteiger partial charge in [-0.1, -0.05) is 24.4 Å². The van der Waals surface area contributed by atoms with Crippen LogP contribution in [0.4, 0.5) is 0 Å². The lowest BCUT2D eigenvalue weighted by molar-refractivity contribution is -0.134. The average molecular weight is 375 g/mol. The molecule has 6 nitrogen and oxygen atoms in total. The zero-order chi connectivity index (χ0) is 18.6. The zero-order valence-corrected chi connectivity index (χ0v) is 16.7. The molecular formula is C21H34N4O2.